The zero-order valence-corrected chi connectivity index (χ0v) is 28.6. The van der Waals surface area contributed by atoms with Gasteiger partial charge in [-0.2, -0.15) is 0 Å². The first-order valence-corrected chi connectivity index (χ1v) is 17.2. The number of hydrazine groups is 1. The van der Waals surface area contributed by atoms with Crippen molar-refractivity contribution in [3.8, 4) is 11.3 Å². The van der Waals surface area contributed by atoms with Gasteiger partial charge in [0.2, 0.25) is 0 Å². The van der Waals surface area contributed by atoms with Crippen LogP contribution >= 0.6 is 0 Å². The van der Waals surface area contributed by atoms with Crippen LogP contribution in [0, 0.1) is 5.41 Å². The van der Waals surface area contributed by atoms with Crippen LogP contribution in [0.5, 0.6) is 0 Å². The van der Waals surface area contributed by atoms with Gasteiger partial charge in [-0.1, -0.05) is 45.1 Å². The zero-order chi connectivity index (χ0) is 32.1. The van der Waals surface area contributed by atoms with Gasteiger partial charge in [0.1, 0.15) is 0 Å². The Bertz CT molecular complexity index is 1540. The maximum absolute atomic E-state index is 6.72. The number of nitrogens with one attached hydrogen (secondary N) is 1. The van der Waals surface area contributed by atoms with Crippen molar-refractivity contribution < 1.29 is 0 Å². The summed E-state index contributed by atoms with van der Waals surface area (Å²) in [6.07, 6.45) is 11.9. The average Bonchev–Trinajstić information content (AvgIpc) is 3.35. The molecule has 6 heteroatoms. The third-order valence-corrected chi connectivity index (χ3v) is 9.79. The van der Waals surface area contributed by atoms with Crippen molar-refractivity contribution in [3.63, 3.8) is 0 Å². The van der Waals surface area contributed by atoms with Crippen LogP contribution in [0.25, 0.3) is 27.7 Å². The van der Waals surface area contributed by atoms with Gasteiger partial charge in [-0.15, -0.1) is 6.58 Å². The maximum atomic E-state index is 6.72. The molecule has 6 nitrogen and oxygen atoms in total. The number of pyridine rings is 1. The molecule has 0 radical (unpaired) electrons. The quantitative estimate of drug-likeness (QED) is 0.194. The molecule has 0 amide bonds. The Morgan fingerprint density at radius 2 is 1.96 bits per heavy atom. The highest BCUT2D eigenvalue weighted by Gasteiger charge is 2.28. The number of allylic oxidation sites excluding steroid dienone is 1. The Balaban J connectivity index is 1.49. The van der Waals surface area contributed by atoms with Crippen molar-refractivity contribution in [2.75, 3.05) is 32.7 Å². The third kappa shape index (κ3) is 7.62. The number of hydrogen-bond acceptors (Lipinski definition) is 5. The van der Waals surface area contributed by atoms with Crippen LogP contribution in [0.3, 0.4) is 0 Å². The van der Waals surface area contributed by atoms with Gasteiger partial charge in [-0.25, -0.2) is 5.43 Å². The van der Waals surface area contributed by atoms with Gasteiger partial charge >= 0.3 is 0 Å². The molecule has 1 atom stereocenters. The summed E-state index contributed by atoms with van der Waals surface area (Å²) in [6.45, 7) is 25.7. The minimum atomic E-state index is -0.0844. The van der Waals surface area contributed by atoms with Gasteiger partial charge in [-0.05, 0) is 105 Å². The van der Waals surface area contributed by atoms with E-state index >= 15 is 0 Å². The molecular weight excluding hydrogens is 552 g/mol. The number of benzene rings is 1. The fourth-order valence-corrected chi connectivity index (χ4v) is 7.18. The topological polar surface area (TPSA) is 62.4 Å². The predicted molar refractivity (Wildman–Crippen MR) is 192 cm³/mol. The smallest absolute Gasteiger partial charge is 0.0584 e. The molecule has 2 aromatic heterocycles. The van der Waals surface area contributed by atoms with E-state index in [9.17, 15) is 0 Å². The summed E-state index contributed by atoms with van der Waals surface area (Å²) in [5, 5.41) is 3.54. The van der Waals surface area contributed by atoms with E-state index in [2.05, 4.69) is 104 Å². The van der Waals surface area contributed by atoms with E-state index in [0.29, 0.717) is 0 Å². The average molecular weight is 609 g/mol. The Hall–Kier alpha value is -3.19. The van der Waals surface area contributed by atoms with Crippen molar-refractivity contribution in [1.82, 2.24) is 24.9 Å². The van der Waals surface area contributed by atoms with Gasteiger partial charge < -0.3 is 15.3 Å². The molecule has 5 rings (SSSR count). The SMILES string of the molecule is C=C(C)CCC(C)(C)Cc1c(-c2cccnc2CC)n(CC)c2ccc(C3=CCCN(CC(N)C(=C)N4CCCCN4)C3)cc12. The monoisotopic (exact) mass is 608 g/mol. The minimum absolute atomic E-state index is 0.0844. The van der Waals surface area contributed by atoms with Crippen LogP contribution in [-0.2, 0) is 19.4 Å². The second-order valence-corrected chi connectivity index (χ2v) is 14.1. The second kappa shape index (κ2) is 14.5. The van der Waals surface area contributed by atoms with E-state index in [4.69, 9.17) is 10.7 Å². The van der Waals surface area contributed by atoms with Crippen molar-refractivity contribution in [1.29, 1.82) is 0 Å². The lowest BCUT2D eigenvalue weighted by molar-refractivity contribution is 0.181. The number of fused-ring (bicyclic) bond motifs is 1. The highest BCUT2D eigenvalue weighted by molar-refractivity contribution is 5.94. The van der Waals surface area contributed by atoms with Gasteiger partial charge in [-0.3, -0.25) is 9.88 Å². The standard InChI is InChI=1S/C39H56N6/c1-8-36-32(15-12-20-41-36)38-34(25-39(6,7)19-18-28(3)4)33-24-30(16-17-37(33)44(38)9-2)31-14-13-22-43(26-31)27-35(40)29(5)45-23-11-10-21-42-45/h12,14-17,20,24,35,42H,3,5,8-11,13,18-19,21-23,25-27,40H2,1-2,4,6-7H3. The van der Waals surface area contributed by atoms with E-state index in [1.165, 1.54) is 63.0 Å². The Kier molecular flexibility index (Phi) is 10.7. The van der Waals surface area contributed by atoms with E-state index in [1.807, 2.05) is 6.20 Å². The summed E-state index contributed by atoms with van der Waals surface area (Å²) in [5.41, 5.74) is 21.8. The van der Waals surface area contributed by atoms with Crippen LogP contribution in [0.4, 0.5) is 0 Å². The van der Waals surface area contributed by atoms with Crippen LogP contribution in [0.1, 0.15) is 83.5 Å². The molecule has 4 heterocycles. The van der Waals surface area contributed by atoms with Gasteiger partial charge in [0.25, 0.3) is 0 Å². The molecule has 3 aromatic rings. The van der Waals surface area contributed by atoms with Gasteiger partial charge in [0, 0.05) is 73.3 Å². The molecule has 3 N–H and O–H groups in total. The van der Waals surface area contributed by atoms with Crippen LogP contribution in [0.2, 0.25) is 0 Å². The number of aryl methyl sites for hydroxylation is 2. The van der Waals surface area contributed by atoms with Crippen molar-refractivity contribution >= 4 is 16.5 Å². The fourth-order valence-electron chi connectivity index (χ4n) is 7.18. The molecule has 0 saturated carbocycles. The second-order valence-electron chi connectivity index (χ2n) is 14.1. The molecule has 242 valence electrons. The van der Waals surface area contributed by atoms with Crippen molar-refractivity contribution in [3.05, 3.63) is 83.9 Å². The molecule has 1 saturated heterocycles. The lowest BCUT2D eigenvalue weighted by atomic mass is 9.79. The molecule has 0 aliphatic carbocycles. The summed E-state index contributed by atoms with van der Waals surface area (Å²) in [7, 11) is 0. The van der Waals surface area contributed by atoms with Gasteiger partial charge in [0.05, 0.1) is 11.7 Å². The molecule has 0 bridgehead atoms. The number of hydrogen-bond donors (Lipinski definition) is 2. The zero-order valence-electron chi connectivity index (χ0n) is 28.6. The van der Waals surface area contributed by atoms with E-state index in [1.54, 1.807) is 0 Å². The first kappa shape index (κ1) is 33.2. The lowest BCUT2D eigenvalue weighted by Crippen LogP contribution is -2.50. The molecular formula is C39H56N6. The van der Waals surface area contributed by atoms with E-state index in [0.717, 1.165) is 77.1 Å². The predicted octanol–water partition coefficient (Wildman–Crippen LogP) is 7.74. The number of aromatic nitrogens is 2. The maximum Gasteiger partial charge on any atom is 0.0584 e. The van der Waals surface area contributed by atoms with Gasteiger partial charge in [0.15, 0.2) is 0 Å². The first-order chi connectivity index (χ1) is 21.6. The van der Waals surface area contributed by atoms with E-state index in [-0.39, 0.29) is 11.5 Å². The van der Waals surface area contributed by atoms with Crippen LogP contribution < -0.4 is 11.2 Å². The Morgan fingerprint density at radius 1 is 1.13 bits per heavy atom. The fraction of sp³-hybridized carbons (Fsp3) is 0.513. The summed E-state index contributed by atoms with van der Waals surface area (Å²) in [6, 6.07) is 11.5. The van der Waals surface area contributed by atoms with Crippen LogP contribution in [0.15, 0.2) is 67.0 Å². The molecule has 45 heavy (non-hydrogen) atoms. The molecule has 1 fully saturated rings. The molecule has 1 unspecified atom stereocenters. The minimum Gasteiger partial charge on any atom is -0.340 e. The molecule has 0 spiro atoms. The summed E-state index contributed by atoms with van der Waals surface area (Å²) >= 11 is 0. The van der Waals surface area contributed by atoms with E-state index < -0.39 is 0 Å². The number of nitrogens with zero attached hydrogens (tertiary/aromatic N) is 4. The first-order valence-electron chi connectivity index (χ1n) is 17.2. The third-order valence-electron chi connectivity index (χ3n) is 9.79. The largest absolute Gasteiger partial charge is 0.340 e. The molecule has 1 aromatic carbocycles. The summed E-state index contributed by atoms with van der Waals surface area (Å²) in [4.78, 5) is 7.33. The number of nitrogens with two attached hydrogens (primary N) is 1. The Labute approximate surface area is 272 Å². The van der Waals surface area contributed by atoms with Crippen molar-refractivity contribution in [2.45, 2.75) is 92.2 Å². The highest BCUT2D eigenvalue weighted by atomic mass is 15.5. The van der Waals surface area contributed by atoms with Crippen molar-refractivity contribution in [2.24, 2.45) is 11.1 Å². The highest BCUT2D eigenvalue weighted by Crippen LogP contribution is 2.41. The normalized spacial score (nSPS) is 17.0. The molecule has 2 aliphatic rings. The van der Waals surface area contributed by atoms with Crippen LogP contribution in [-0.4, -0.2) is 58.2 Å². The summed E-state index contributed by atoms with van der Waals surface area (Å²) < 4.78 is 2.53. The lowest BCUT2D eigenvalue weighted by Gasteiger charge is -2.36. The summed E-state index contributed by atoms with van der Waals surface area (Å²) in [5.74, 6) is 0. The molecule has 2 aliphatic heterocycles. The number of rotatable bonds is 13. The Morgan fingerprint density at radius 3 is 2.67 bits per heavy atom.